The molecule has 0 saturated heterocycles. The summed E-state index contributed by atoms with van der Waals surface area (Å²) in [6.45, 7) is 1.68. The Morgan fingerprint density at radius 2 is 2.36 bits per heavy atom. The highest BCUT2D eigenvalue weighted by Crippen LogP contribution is 2.16. The van der Waals surface area contributed by atoms with Crippen LogP contribution in [-0.2, 0) is 0 Å². The quantitative estimate of drug-likeness (QED) is 0.504. The number of rotatable bonds is 2. The second-order valence-electron chi connectivity index (χ2n) is 2.56. The summed E-state index contributed by atoms with van der Waals surface area (Å²) < 4.78 is 4.45. The molecule has 0 spiro atoms. The first-order valence-electron chi connectivity index (χ1n) is 3.68. The number of aryl methyl sites for hydroxylation is 1. The van der Waals surface area contributed by atoms with E-state index >= 15 is 0 Å². The molecule has 8 heteroatoms. The summed E-state index contributed by atoms with van der Waals surface area (Å²) in [4.78, 5) is 10.9. The maximum absolute atomic E-state index is 10.3. The van der Waals surface area contributed by atoms with Crippen LogP contribution in [0, 0.1) is 17.0 Å². The number of aromatic nitrogens is 4. The summed E-state index contributed by atoms with van der Waals surface area (Å²) in [5, 5.41) is 20.5. The first-order valence-corrected chi connectivity index (χ1v) is 3.68. The van der Waals surface area contributed by atoms with Gasteiger partial charge in [0, 0.05) is 10.9 Å². The Morgan fingerprint density at radius 1 is 1.57 bits per heavy atom. The van der Waals surface area contributed by atoms with Crippen molar-refractivity contribution in [3.05, 3.63) is 28.1 Å². The first-order chi connectivity index (χ1) is 6.68. The van der Waals surface area contributed by atoms with Gasteiger partial charge in [-0.15, -0.1) is 0 Å². The molecule has 14 heavy (non-hydrogen) atoms. The molecular formula is C6H5N5O3. The van der Waals surface area contributed by atoms with Gasteiger partial charge in [0.15, 0.2) is 5.69 Å². The van der Waals surface area contributed by atoms with E-state index in [0.29, 0.717) is 21.9 Å². The van der Waals surface area contributed by atoms with Crippen molar-refractivity contribution in [3.63, 3.8) is 0 Å². The monoisotopic (exact) mass is 195 g/mol. The molecule has 0 aromatic carbocycles. The van der Waals surface area contributed by atoms with E-state index in [4.69, 9.17) is 0 Å². The Labute approximate surface area is 77.2 Å². The van der Waals surface area contributed by atoms with E-state index in [2.05, 4.69) is 20.0 Å². The minimum atomic E-state index is -0.646. The summed E-state index contributed by atoms with van der Waals surface area (Å²) in [6, 6.07) is 1.47. The van der Waals surface area contributed by atoms with Gasteiger partial charge in [0.05, 0.1) is 10.1 Å². The third-order valence-electron chi connectivity index (χ3n) is 1.64. The van der Waals surface area contributed by atoms with Crippen molar-refractivity contribution < 1.29 is 9.66 Å². The van der Waals surface area contributed by atoms with Crippen LogP contribution in [0.15, 0.2) is 16.9 Å². The summed E-state index contributed by atoms with van der Waals surface area (Å²) >= 11 is 0. The van der Waals surface area contributed by atoms with Gasteiger partial charge in [0.2, 0.25) is 5.69 Å². The fraction of sp³-hybridized carbons (Fsp3) is 0.167. The minimum absolute atomic E-state index is 0.362. The molecule has 0 fully saturated rings. The third-order valence-corrected chi connectivity index (χ3v) is 1.64. The summed E-state index contributed by atoms with van der Waals surface area (Å²) in [7, 11) is 0. The van der Waals surface area contributed by atoms with E-state index in [-0.39, 0.29) is 0 Å². The summed E-state index contributed by atoms with van der Waals surface area (Å²) in [5.41, 5.74) is 1.31. The van der Waals surface area contributed by atoms with Crippen molar-refractivity contribution in [1.29, 1.82) is 0 Å². The standard InChI is InChI=1S/C6H5N5O3/c1-4-6(9-14-8-4)5-2-3-10(7-5)11(12)13/h2-3H,1H3. The first kappa shape index (κ1) is 8.35. The lowest BCUT2D eigenvalue weighted by molar-refractivity contribution is -0.552. The van der Waals surface area contributed by atoms with Crippen LogP contribution in [0.4, 0.5) is 0 Å². The zero-order chi connectivity index (χ0) is 10.1. The molecule has 0 aliphatic rings. The normalized spacial score (nSPS) is 10.4. The Bertz CT molecular complexity index is 473. The topological polar surface area (TPSA) is 99.9 Å². The van der Waals surface area contributed by atoms with Crippen molar-refractivity contribution in [2.75, 3.05) is 0 Å². The zero-order valence-electron chi connectivity index (χ0n) is 7.12. The highest BCUT2D eigenvalue weighted by molar-refractivity contribution is 5.54. The predicted octanol–water partition coefficient (Wildman–Crippen LogP) is 0.281. The van der Waals surface area contributed by atoms with Crippen LogP contribution in [-0.4, -0.2) is 25.2 Å². The molecule has 8 nitrogen and oxygen atoms in total. The van der Waals surface area contributed by atoms with Crippen molar-refractivity contribution >= 4 is 0 Å². The molecule has 0 N–H and O–H groups in total. The highest BCUT2D eigenvalue weighted by Gasteiger charge is 2.17. The molecule has 2 heterocycles. The molecule has 0 saturated carbocycles. The average Bonchev–Trinajstić information content (AvgIpc) is 2.71. The fourth-order valence-electron chi connectivity index (χ4n) is 0.995. The van der Waals surface area contributed by atoms with Crippen molar-refractivity contribution in [2.24, 2.45) is 0 Å². The van der Waals surface area contributed by atoms with Gasteiger partial charge < -0.3 is 10.1 Å². The maximum Gasteiger partial charge on any atom is 0.234 e. The summed E-state index contributed by atoms with van der Waals surface area (Å²) in [6.07, 6.45) is 1.23. The van der Waals surface area contributed by atoms with Gasteiger partial charge in [0.25, 0.3) is 0 Å². The van der Waals surface area contributed by atoms with Gasteiger partial charge in [-0.25, -0.2) is 4.63 Å². The minimum Gasteiger partial charge on any atom is -0.339 e. The van der Waals surface area contributed by atoms with Gasteiger partial charge in [0.1, 0.15) is 11.9 Å². The summed E-state index contributed by atoms with van der Waals surface area (Å²) in [5.74, 6) is 0. The number of nitro groups is 1. The van der Waals surface area contributed by atoms with Crippen molar-refractivity contribution in [2.45, 2.75) is 6.92 Å². The lowest BCUT2D eigenvalue weighted by Crippen LogP contribution is -2.08. The van der Waals surface area contributed by atoms with Crippen LogP contribution in [0.2, 0.25) is 0 Å². The second kappa shape index (κ2) is 2.91. The smallest absolute Gasteiger partial charge is 0.234 e. The molecule has 2 rings (SSSR count). The Balaban J connectivity index is 2.43. The van der Waals surface area contributed by atoms with Gasteiger partial charge in [-0.2, -0.15) is 0 Å². The molecule has 0 radical (unpaired) electrons. The van der Waals surface area contributed by atoms with E-state index in [1.54, 1.807) is 6.92 Å². The Kier molecular flexibility index (Phi) is 1.73. The molecule has 2 aromatic heterocycles. The number of hydrogen-bond donors (Lipinski definition) is 0. The van der Waals surface area contributed by atoms with Crippen molar-refractivity contribution in [3.8, 4) is 11.4 Å². The third kappa shape index (κ3) is 1.22. The molecule has 72 valence electrons. The van der Waals surface area contributed by atoms with E-state index in [0.717, 1.165) is 0 Å². The van der Waals surface area contributed by atoms with Crippen LogP contribution in [0.3, 0.4) is 0 Å². The largest absolute Gasteiger partial charge is 0.339 e. The SMILES string of the molecule is Cc1nonc1-c1ccn([N+](=O)[O-])n1. The Hall–Kier alpha value is -2.25. The van der Waals surface area contributed by atoms with E-state index in [9.17, 15) is 10.1 Å². The van der Waals surface area contributed by atoms with Crippen LogP contribution in [0.5, 0.6) is 0 Å². The maximum atomic E-state index is 10.3. The highest BCUT2D eigenvalue weighted by atomic mass is 16.7. The fourth-order valence-corrected chi connectivity index (χ4v) is 0.995. The molecule has 0 aliphatic heterocycles. The van der Waals surface area contributed by atoms with Gasteiger partial charge in [-0.1, -0.05) is 5.16 Å². The Morgan fingerprint density at radius 3 is 2.86 bits per heavy atom. The van der Waals surface area contributed by atoms with Gasteiger partial charge in [-0.05, 0) is 12.1 Å². The number of hydrogen-bond acceptors (Lipinski definition) is 6. The van der Waals surface area contributed by atoms with Crippen LogP contribution < -0.4 is 0 Å². The number of nitrogens with zero attached hydrogens (tertiary/aromatic N) is 5. The van der Waals surface area contributed by atoms with Crippen molar-refractivity contribution in [1.82, 2.24) is 20.2 Å². The average molecular weight is 195 g/mol. The van der Waals surface area contributed by atoms with E-state index < -0.39 is 5.03 Å². The molecule has 0 amide bonds. The predicted molar refractivity (Wildman–Crippen MR) is 42.6 cm³/mol. The molecule has 0 bridgehead atoms. The molecule has 2 aromatic rings. The van der Waals surface area contributed by atoms with E-state index in [1.807, 2.05) is 0 Å². The molecular weight excluding hydrogens is 190 g/mol. The van der Waals surface area contributed by atoms with Crippen LogP contribution in [0.1, 0.15) is 5.69 Å². The lowest BCUT2D eigenvalue weighted by Gasteiger charge is -1.87. The second-order valence-corrected chi connectivity index (χ2v) is 2.56. The van der Waals surface area contributed by atoms with Gasteiger partial charge >= 0.3 is 0 Å². The van der Waals surface area contributed by atoms with Crippen LogP contribution >= 0.6 is 0 Å². The van der Waals surface area contributed by atoms with Gasteiger partial charge in [-0.3, -0.25) is 0 Å². The molecule has 0 unspecified atom stereocenters. The molecule has 0 aliphatic carbocycles. The molecule has 0 atom stereocenters. The van der Waals surface area contributed by atoms with E-state index in [1.165, 1.54) is 12.3 Å². The zero-order valence-corrected chi connectivity index (χ0v) is 7.12. The van der Waals surface area contributed by atoms with Crippen LogP contribution in [0.25, 0.3) is 11.4 Å². The lowest BCUT2D eigenvalue weighted by atomic mass is 10.3.